The minimum Gasteiger partial charge on any atom is -0.388 e. The lowest BCUT2D eigenvalue weighted by molar-refractivity contribution is -0.113. The van der Waals surface area contributed by atoms with Crippen molar-refractivity contribution in [1.29, 1.82) is 0 Å². The molecular formula is C18H18N2O. The lowest BCUT2D eigenvalue weighted by Gasteiger charge is -2.22. The van der Waals surface area contributed by atoms with E-state index in [1.54, 1.807) is 11.0 Å². The van der Waals surface area contributed by atoms with Crippen LogP contribution in [0.3, 0.4) is 0 Å². The summed E-state index contributed by atoms with van der Waals surface area (Å²) in [6.07, 6.45) is 3.09. The normalized spacial score (nSPS) is 9.76. The second-order valence-corrected chi connectivity index (χ2v) is 4.44. The van der Waals surface area contributed by atoms with Crippen molar-refractivity contribution < 1.29 is 4.79 Å². The molecule has 0 heterocycles. The van der Waals surface area contributed by atoms with E-state index in [9.17, 15) is 4.79 Å². The van der Waals surface area contributed by atoms with Crippen LogP contribution in [0.1, 0.15) is 5.56 Å². The second kappa shape index (κ2) is 6.57. The van der Waals surface area contributed by atoms with Gasteiger partial charge in [0.05, 0.1) is 5.69 Å². The van der Waals surface area contributed by atoms with Gasteiger partial charge in [0.25, 0.3) is 5.91 Å². The molecule has 0 saturated heterocycles. The van der Waals surface area contributed by atoms with E-state index in [2.05, 4.69) is 18.5 Å². The predicted molar refractivity (Wildman–Crippen MR) is 89.9 cm³/mol. The SMILES string of the molecule is C=CC(=O)N(c1ccccc1)c1ccc(C=C)c(NC)c1. The minimum atomic E-state index is -0.172. The van der Waals surface area contributed by atoms with Gasteiger partial charge in [-0.3, -0.25) is 9.69 Å². The number of hydrogen-bond donors (Lipinski definition) is 1. The van der Waals surface area contributed by atoms with E-state index in [0.717, 1.165) is 22.6 Å². The molecule has 2 rings (SSSR count). The first kappa shape index (κ1) is 14.6. The van der Waals surface area contributed by atoms with Gasteiger partial charge in [-0.05, 0) is 35.9 Å². The van der Waals surface area contributed by atoms with E-state index < -0.39 is 0 Å². The zero-order valence-electron chi connectivity index (χ0n) is 12.0. The maximum atomic E-state index is 12.2. The standard InChI is InChI=1S/C18H18N2O/c1-4-14-11-12-16(13-17(14)19-3)20(18(21)5-2)15-9-7-6-8-10-15/h4-13,19H,1-2H2,3H3. The first-order chi connectivity index (χ1) is 10.2. The summed E-state index contributed by atoms with van der Waals surface area (Å²) >= 11 is 0. The van der Waals surface area contributed by atoms with Gasteiger partial charge in [-0.15, -0.1) is 0 Å². The molecule has 0 atom stereocenters. The van der Waals surface area contributed by atoms with Gasteiger partial charge in [0.15, 0.2) is 0 Å². The number of benzene rings is 2. The Balaban J connectivity index is 2.54. The Morgan fingerprint density at radius 1 is 1.10 bits per heavy atom. The van der Waals surface area contributed by atoms with Crippen molar-refractivity contribution in [2.45, 2.75) is 0 Å². The van der Waals surface area contributed by atoms with Gasteiger partial charge in [0, 0.05) is 18.4 Å². The smallest absolute Gasteiger partial charge is 0.254 e. The van der Waals surface area contributed by atoms with Gasteiger partial charge in [0.1, 0.15) is 0 Å². The molecule has 0 aliphatic rings. The number of nitrogens with one attached hydrogen (secondary N) is 1. The molecule has 0 aromatic heterocycles. The molecular weight excluding hydrogens is 260 g/mol. The summed E-state index contributed by atoms with van der Waals surface area (Å²) in [5.74, 6) is -0.172. The summed E-state index contributed by atoms with van der Waals surface area (Å²) in [7, 11) is 1.84. The molecule has 0 radical (unpaired) electrons. The lowest BCUT2D eigenvalue weighted by atomic mass is 10.1. The lowest BCUT2D eigenvalue weighted by Crippen LogP contribution is -2.23. The highest BCUT2D eigenvalue weighted by atomic mass is 16.2. The molecule has 2 aromatic carbocycles. The molecule has 0 unspecified atom stereocenters. The van der Waals surface area contributed by atoms with Crippen LogP contribution in [0.15, 0.2) is 67.8 Å². The molecule has 0 fully saturated rings. The molecule has 21 heavy (non-hydrogen) atoms. The Labute approximate surface area is 125 Å². The zero-order valence-corrected chi connectivity index (χ0v) is 12.0. The first-order valence-electron chi connectivity index (χ1n) is 6.67. The number of amides is 1. The maximum absolute atomic E-state index is 12.2. The van der Waals surface area contributed by atoms with Crippen LogP contribution < -0.4 is 10.2 Å². The fraction of sp³-hybridized carbons (Fsp3) is 0.0556. The maximum Gasteiger partial charge on any atom is 0.254 e. The number of para-hydroxylation sites is 1. The second-order valence-electron chi connectivity index (χ2n) is 4.44. The van der Waals surface area contributed by atoms with E-state index in [1.807, 2.05) is 55.6 Å². The summed E-state index contributed by atoms with van der Waals surface area (Å²) in [5.41, 5.74) is 3.48. The predicted octanol–water partition coefficient (Wildman–Crippen LogP) is 4.22. The third-order valence-electron chi connectivity index (χ3n) is 3.19. The van der Waals surface area contributed by atoms with Crippen LogP contribution in [-0.4, -0.2) is 13.0 Å². The topological polar surface area (TPSA) is 32.3 Å². The van der Waals surface area contributed by atoms with Crippen LogP contribution in [0.4, 0.5) is 17.1 Å². The summed E-state index contributed by atoms with van der Waals surface area (Å²) < 4.78 is 0. The fourth-order valence-electron chi connectivity index (χ4n) is 2.15. The zero-order chi connectivity index (χ0) is 15.2. The van der Waals surface area contributed by atoms with Crippen molar-refractivity contribution in [2.24, 2.45) is 0 Å². The molecule has 1 amide bonds. The Bertz CT molecular complexity index is 662. The highest BCUT2D eigenvalue weighted by Gasteiger charge is 2.16. The molecule has 106 valence electrons. The first-order valence-corrected chi connectivity index (χ1v) is 6.67. The molecule has 0 saturated carbocycles. The van der Waals surface area contributed by atoms with Crippen molar-refractivity contribution in [1.82, 2.24) is 0 Å². The molecule has 3 heteroatoms. The van der Waals surface area contributed by atoms with Crippen molar-refractivity contribution >= 4 is 29.0 Å². The van der Waals surface area contributed by atoms with Gasteiger partial charge in [-0.1, -0.05) is 43.5 Å². The van der Waals surface area contributed by atoms with Gasteiger partial charge < -0.3 is 5.32 Å². The average Bonchev–Trinajstić information content (AvgIpc) is 2.55. The van der Waals surface area contributed by atoms with E-state index in [-0.39, 0.29) is 5.91 Å². The van der Waals surface area contributed by atoms with E-state index in [1.165, 1.54) is 6.08 Å². The van der Waals surface area contributed by atoms with Crippen molar-refractivity contribution in [3.8, 4) is 0 Å². The quantitative estimate of drug-likeness (QED) is 0.830. The summed E-state index contributed by atoms with van der Waals surface area (Å²) in [4.78, 5) is 13.9. The van der Waals surface area contributed by atoms with Crippen LogP contribution in [0.5, 0.6) is 0 Å². The fourth-order valence-corrected chi connectivity index (χ4v) is 2.15. The summed E-state index contributed by atoms with van der Waals surface area (Å²) in [6, 6.07) is 15.2. The number of carbonyl (C=O) groups is 1. The molecule has 0 bridgehead atoms. The minimum absolute atomic E-state index is 0.172. The Morgan fingerprint density at radius 3 is 2.38 bits per heavy atom. The largest absolute Gasteiger partial charge is 0.388 e. The van der Waals surface area contributed by atoms with Gasteiger partial charge in [0.2, 0.25) is 0 Å². The molecule has 0 aliphatic heterocycles. The van der Waals surface area contributed by atoms with Crippen LogP contribution >= 0.6 is 0 Å². The van der Waals surface area contributed by atoms with Crippen LogP contribution in [0.25, 0.3) is 6.08 Å². The Morgan fingerprint density at radius 2 is 1.81 bits per heavy atom. The molecule has 3 nitrogen and oxygen atoms in total. The van der Waals surface area contributed by atoms with E-state index in [4.69, 9.17) is 0 Å². The number of hydrogen-bond acceptors (Lipinski definition) is 2. The van der Waals surface area contributed by atoms with Gasteiger partial charge in [-0.25, -0.2) is 0 Å². The van der Waals surface area contributed by atoms with Gasteiger partial charge in [-0.2, -0.15) is 0 Å². The number of anilines is 3. The van der Waals surface area contributed by atoms with E-state index >= 15 is 0 Å². The third-order valence-corrected chi connectivity index (χ3v) is 3.19. The highest BCUT2D eigenvalue weighted by Crippen LogP contribution is 2.30. The van der Waals surface area contributed by atoms with Crippen molar-refractivity contribution in [3.63, 3.8) is 0 Å². The van der Waals surface area contributed by atoms with Crippen LogP contribution in [-0.2, 0) is 4.79 Å². The monoisotopic (exact) mass is 278 g/mol. The number of nitrogens with zero attached hydrogens (tertiary/aromatic N) is 1. The van der Waals surface area contributed by atoms with Crippen molar-refractivity contribution in [3.05, 3.63) is 73.3 Å². The van der Waals surface area contributed by atoms with Crippen LogP contribution in [0.2, 0.25) is 0 Å². The number of carbonyl (C=O) groups excluding carboxylic acids is 1. The van der Waals surface area contributed by atoms with Crippen LogP contribution in [0, 0.1) is 0 Å². The Hall–Kier alpha value is -2.81. The van der Waals surface area contributed by atoms with E-state index in [0.29, 0.717) is 0 Å². The molecule has 2 aromatic rings. The van der Waals surface area contributed by atoms with Crippen molar-refractivity contribution in [2.75, 3.05) is 17.3 Å². The highest BCUT2D eigenvalue weighted by molar-refractivity contribution is 6.07. The number of rotatable bonds is 5. The third kappa shape index (κ3) is 3.03. The summed E-state index contributed by atoms with van der Waals surface area (Å²) in [6.45, 7) is 7.37. The average molecular weight is 278 g/mol. The molecule has 1 N–H and O–H groups in total. The summed E-state index contributed by atoms with van der Waals surface area (Å²) in [5, 5.41) is 3.12. The molecule has 0 spiro atoms. The molecule has 0 aliphatic carbocycles. The Kier molecular flexibility index (Phi) is 4.57. The van der Waals surface area contributed by atoms with Gasteiger partial charge >= 0.3 is 0 Å².